The molecule has 0 aliphatic rings. The second kappa shape index (κ2) is 3.27. The highest BCUT2D eigenvalue weighted by molar-refractivity contribution is 7.19. The molecular weight excluding hydrogens is 222 g/mol. The van der Waals surface area contributed by atoms with Crippen molar-refractivity contribution in [2.24, 2.45) is 0 Å². The maximum atomic E-state index is 13.6. The summed E-state index contributed by atoms with van der Waals surface area (Å²) in [6.07, 6.45) is 0. The largest absolute Gasteiger partial charge is 0.478 e. The molecule has 0 aliphatic heterocycles. The van der Waals surface area contributed by atoms with Gasteiger partial charge in [-0.15, -0.1) is 11.3 Å². The summed E-state index contributed by atoms with van der Waals surface area (Å²) >= 11 is 1.11. The zero-order chi connectivity index (χ0) is 11.2. The Labute approximate surface area is 87.8 Å². The van der Waals surface area contributed by atoms with Gasteiger partial charge >= 0.3 is 5.97 Å². The van der Waals surface area contributed by atoms with Crippen LogP contribution >= 0.6 is 11.3 Å². The molecule has 2 rings (SSSR count). The van der Waals surface area contributed by atoms with Crippen LogP contribution in [0.15, 0.2) is 12.1 Å². The normalized spacial score (nSPS) is 10.9. The number of rotatable bonds is 1. The van der Waals surface area contributed by atoms with Crippen molar-refractivity contribution in [3.8, 4) is 0 Å². The molecule has 2 nitrogen and oxygen atoms in total. The van der Waals surface area contributed by atoms with Gasteiger partial charge in [-0.3, -0.25) is 0 Å². The number of aromatic carboxylic acids is 1. The second-order valence-corrected chi connectivity index (χ2v) is 4.33. The molecule has 0 amide bonds. The molecule has 0 bridgehead atoms. The van der Waals surface area contributed by atoms with Gasteiger partial charge in [-0.05, 0) is 19.1 Å². The van der Waals surface area contributed by atoms with Crippen molar-refractivity contribution in [3.63, 3.8) is 0 Å². The number of fused-ring (bicyclic) bond motifs is 1. The molecule has 0 saturated carbocycles. The van der Waals surface area contributed by atoms with Gasteiger partial charge in [0, 0.05) is 9.58 Å². The zero-order valence-corrected chi connectivity index (χ0v) is 8.49. The molecule has 0 aliphatic carbocycles. The van der Waals surface area contributed by atoms with Crippen molar-refractivity contribution in [1.29, 1.82) is 0 Å². The minimum Gasteiger partial charge on any atom is -0.478 e. The van der Waals surface area contributed by atoms with Crippen molar-refractivity contribution in [1.82, 2.24) is 0 Å². The Kier molecular flexibility index (Phi) is 2.19. The molecular formula is C10H6F2O2S. The van der Waals surface area contributed by atoms with E-state index in [0.29, 0.717) is 9.58 Å². The van der Waals surface area contributed by atoms with E-state index in [2.05, 4.69) is 0 Å². The van der Waals surface area contributed by atoms with E-state index in [1.165, 1.54) is 13.0 Å². The van der Waals surface area contributed by atoms with Gasteiger partial charge in [-0.2, -0.15) is 0 Å². The summed E-state index contributed by atoms with van der Waals surface area (Å²) < 4.78 is 27.4. The van der Waals surface area contributed by atoms with Crippen LogP contribution in [-0.4, -0.2) is 11.1 Å². The molecule has 2 aromatic rings. The van der Waals surface area contributed by atoms with Crippen LogP contribution in [0.2, 0.25) is 0 Å². The van der Waals surface area contributed by atoms with Gasteiger partial charge in [-0.25, -0.2) is 13.6 Å². The van der Waals surface area contributed by atoms with Crippen LogP contribution < -0.4 is 0 Å². The third kappa shape index (κ3) is 1.39. The number of carboxylic acid groups (broad SMARTS) is 1. The van der Waals surface area contributed by atoms with E-state index < -0.39 is 23.2 Å². The Balaban J connectivity index is 2.88. The fourth-order valence-corrected chi connectivity index (χ4v) is 2.34. The van der Waals surface area contributed by atoms with Crippen LogP contribution in [0.4, 0.5) is 8.78 Å². The predicted octanol–water partition coefficient (Wildman–Crippen LogP) is 3.19. The summed E-state index contributed by atoms with van der Waals surface area (Å²) in [6, 6.07) is 2.57. The molecule has 5 heteroatoms. The second-order valence-electron chi connectivity index (χ2n) is 3.08. The maximum Gasteiger partial charge on any atom is 0.338 e. The molecule has 15 heavy (non-hydrogen) atoms. The minimum atomic E-state index is -1.39. The average Bonchev–Trinajstić information content (AvgIpc) is 2.43. The van der Waals surface area contributed by atoms with Crippen molar-refractivity contribution in [2.75, 3.05) is 0 Å². The Morgan fingerprint density at radius 1 is 1.33 bits per heavy atom. The van der Waals surface area contributed by atoms with Crippen LogP contribution in [-0.2, 0) is 0 Å². The molecule has 1 heterocycles. The number of hydrogen-bond acceptors (Lipinski definition) is 2. The SMILES string of the molecule is Cc1sc2ccc(C(=O)O)c(F)c2c1F. The average molecular weight is 228 g/mol. The van der Waals surface area contributed by atoms with E-state index in [1.807, 2.05) is 0 Å². The van der Waals surface area contributed by atoms with E-state index in [1.54, 1.807) is 0 Å². The first kappa shape index (κ1) is 10.0. The van der Waals surface area contributed by atoms with E-state index in [0.717, 1.165) is 17.4 Å². The smallest absolute Gasteiger partial charge is 0.338 e. The highest BCUT2D eigenvalue weighted by Crippen LogP contribution is 2.32. The van der Waals surface area contributed by atoms with Crippen LogP contribution in [0.3, 0.4) is 0 Å². The molecule has 1 aromatic carbocycles. The summed E-state index contributed by atoms with van der Waals surface area (Å²) in [6.45, 7) is 1.53. The quantitative estimate of drug-likeness (QED) is 0.813. The fourth-order valence-electron chi connectivity index (χ4n) is 1.40. The number of carbonyl (C=O) groups is 1. The molecule has 0 radical (unpaired) electrons. The standard InChI is InChI=1S/C10H6F2O2S/c1-4-8(11)7-6(15-4)3-2-5(9(7)12)10(13)14/h2-3H,1H3,(H,13,14). The lowest BCUT2D eigenvalue weighted by Gasteiger charge is -1.98. The number of carboxylic acids is 1. The van der Waals surface area contributed by atoms with Gasteiger partial charge in [0.15, 0.2) is 0 Å². The highest BCUT2D eigenvalue weighted by atomic mass is 32.1. The van der Waals surface area contributed by atoms with Crippen molar-refractivity contribution in [2.45, 2.75) is 6.92 Å². The van der Waals surface area contributed by atoms with E-state index in [-0.39, 0.29) is 5.39 Å². The Hall–Kier alpha value is -1.49. The first-order chi connectivity index (χ1) is 7.02. The lowest BCUT2D eigenvalue weighted by Crippen LogP contribution is -2.00. The third-order valence-electron chi connectivity index (χ3n) is 2.13. The van der Waals surface area contributed by atoms with E-state index >= 15 is 0 Å². The molecule has 0 spiro atoms. The Morgan fingerprint density at radius 2 is 2.00 bits per heavy atom. The summed E-state index contributed by atoms with van der Waals surface area (Å²) in [5.74, 6) is -3.06. The zero-order valence-electron chi connectivity index (χ0n) is 7.67. The maximum absolute atomic E-state index is 13.6. The topological polar surface area (TPSA) is 37.3 Å². The molecule has 1 aromatic heterocycles. The van der Waals surface area contributed by atoms with Crippen LogP contribution in [0.5, 0.6) is 0 Å². The first-order valence-electron chi connectivity index (χ1n) is 4.12. The Morgan fingerprint density at radius 3 is 2.60 bits per heavy atom. The van der Waals surface area contributed by atoms with Gasteiger partial charge < -0.3 is 5.11 Å². The van der Waals surface area contributed by atoms with Crippen LogP contribution in [0.1, 0.15) is 15.2 Å². The molecule has 0 fully saturated rings. The lowest BCUT2D eigenvalue weighted by molar-refractivity contribution is 0.0692. The monoisotopic (exact) mass is 228 g/mol. The summed E-state index contributed by atoms with van der Waals surface area (Å²) in [4.78, 5) is 11.0. The van der Waals surface area contributed by atoms with E-state index in [4.69, 9.17) is 5.11 Å². The van der Waals surface area contributed by atoms with Gasteiger partial charge in [0.2, 0.25) is 0 Å². The number of halogens is 2. The molecule has 78 valence electrons. The van der Waals surface area contributed by atoms with Gasteiger partial charge in [0.05, 0.1) is 10.9 Å². The van der Waals surface area contributed by atoms with Gasteiger partial charge in [-0.1, -0.05) is 0 Å². The molecule has 1 N–H and O–H groups in total. The summed E-state index contributed by atoms with van der Waals surface area (Å²) in [5.41, 5.74) is -0.501. The van der Waals surface area contributed by atoms with Crippen LogP contribution in [0.25, 0.3) is 10.1 Å². The van der Waals surface area contributed by atoms with Crippen molar-refractivity contribution >= 4 is 27.4 Å². The van der Waals surface area contributed by atoms with Crippen molar-refractivity contribution in [3.05, 3.63) is 34.2 Å². The van der Waals surface area contributed by atoms with Gasteiger partial charge in [0.1, 0.15) is 11.6 Å². The minimum absolute atomic E-state index is 0.225. The number of benzene rings is 1. The first-order valence-corrected chi connectivity index (χ1v) is 4.94. The number of hydrogen-bond donors (Lipinski definition) is 1. The lowest BCUT2D eigenvalue weighted by atomic mass is 10.1. The molecule has 0 unspecified atom stereocenters. The van der Waals surface area contributed by atoms with Crippen molar-refractivity contribution < 1.29 is 18.7 Å². The summed E-state index contributed by atoms with van der Waals surface area (Å²) in [5, 5.41) is 8.44. The van der Waals surface area contributed by atoms with Crippen LogP contribution in [0, 0.1) is 18.6 Å². The summed E-state index contributed by atoms with van der Waals surface area (Å²) in [7, 11) is 0. The van der Waals surface area contributed by atoms with E-state index in [9.17, 15) is 13.6 Å². The van der Waals surface area contributed by atoms with Gasteiger partial charge in [0.25, 0.3) is 0 Å². The predicted molar refractivity (Wildman–Crippen MR) is 53.4 cm³/mol. The number of thiophene rings is 1. The highest BCUT2D eigenvalue weighted by Gasteiger charge is 2.19. The molecule has 0 atom stereocenters. The molecule has 0 saturated heterocycles. The fraction of sp³-hybridized carbons (Fsp3) is 0.100. The Bertz CT molecular complexity index is 560. The number of aryl methyl sites for hydroxylation is 1. The third-order valence-corrected chi connectivity index (χ3v) is 3.17.